The Balaban J connectivity index is 2.25. The van der Waals surface area contributed by atoms with Crippen LogP contribution >= 0.6 is 0 Å². The molecular formula is C14H23N3O. The molecule has 1 unspecified atom stereocenters. The fraction of sp³-hybridized carbons (Fsp3) is 0.571. The second-order valence-corrected chi connectivity index (χ2v) is 5.01. The molecule has 0 aromatic carbocycles. The molecule has 0 aliphatic rings. The van der Waals surface area contributed by atoms with Crippen LogP contribution in [-0.2, 0) is 11.3 Å². The van der Waals surface area contributed by atoms with Crippen molar-refractivity contribution in [1.29, 1.82) is 0 Å². The summed E-state index contributed by atoms with van der Waals surface area (Å²) in [7, 11) is 0. The van der Waals surface area contributed by atoms with Crippen LogP contribution < -0.4 is 10.6 Å². The van der Waals surface area contributed by atoms with Gasteiger partial charge in [0.1, 0.15) is 0 Å². The Bertz CT molecular complexity index is 373. The molecule has 0 saturated heterocycles. The highest BCUT2D eigenvalue weighted by atomic mass is 16.1. The molecule has 4 heteroatoms. The van der Waals surface area contributed by atoms with Crippen molar-refractivity contribution in [3.05, 3.63) is 29.6 Å². The lowest BCUT2D eigenvalue weighted by molar-refractivity contribution is -0.121. The first-order valence-electron chi connectivity index (χ1n) is 6.40. The number of rotatable bonds is 6. The topological polar surface area (TPSA) is 54.0 Å². The lowest BCUT2D eigenvalue weighted by Gasteiger charge is -2.17. The summed E-state index contributed by atoms with van der Waals surface area (Å²) in [6.07, 6.45) is 1.83. The summed E-state index contributed by atoms with van der Waals surface area (Å²) >= 11 is 0. The largest absolute Gasteiger partial charge is 0.352 e. The van der Waals surface area contributed by atoms with Gasteiger partial charge < -0.3 is 10.6 Å². The number of aryl methyl sites for hydroxylation is 1. The molecule has 0 fully saturated rings. The molecule has 0 spiro atoms. The summed E-state index contributed by atoms with van der Waals surface area (Å²) in [5.74, 6) is 0.492. The number of carbonyl (C=O) groups is 1. The van der Waals surface area contributed by atoms with Crippen molar-refractivity contribution in [3.63, 3.8) is 0 Å². The highest BCUT2D eigenvalue weighted by Gasteiger charge is 2.09. The predicted octanol–water partition coefficient (Wildman–Crippen LogP) is 1.64. The van der Waals surface area contributed by atoms with Crippen LogP contribution in [0.3, 0.4) is 0 Å². The molecule has 1 heterocycles. The summed E-state index contributed by atoms with van der Waals surface area (Å²) < 4.78 is 0. The van der Waals surface area contributed by atoms with Gasteiger partial charge in [-0.15, -0.1) is 0 Å². The quantitative estimate of drug-likeness (QED) is 0.806. The van der Waals surface area contributed by atoms with Crippen LogP contribution in [-0.4, -0.2) is 23.5 Å². The molecule has 0 saturated carbocycles. The van der Waals surface area contributed by atoms with Gasteiger partial charge in [0.15, 0.2) is 0 Å². The third-order valence-corrected chi connectivity index (χ3v) is 2.98. The van der Waals surface area contributed by atoms with E-state index < -0.39 is 0 Å². The second kappa shape index (κ2) is 7.11. The van der Waals surface area contributed by atoms with E-state index in [4.69, 9.17) is 0 Å². The average molecular weight is 249 g/mol. The van der Waals surface area contributed by atoms with Crippen molar-refractivity contribution in [2.45, 2.75) is 40.3 Å². The Morgan fingerprint density at radius 1 is 1.33 bits per heavy atom. The van der Waals surface area contributed by atoms with Gasteiger partial charge in [-0.2, -0.15) is 0 Å². The number of carbonyl (C=O) groups excluding carboxylic acids is 1. The maximum atomic E-state index is 11.6. The fourth-order valence-electron chi connectivity index (χ4n) is 1.40. The number of nitrogens with zero attached hydrogens (tertiary/aromatic N) is 1. The SMILES string of the molecule is Cc1ccc(CNCC(=O)NC(C)C(C)C)cn1. The van der Waals surface area contributed by atoms with Crippen molar-refractivity contribution in [2.24, 2.45) is 5.92 Å². The first-order valence-corrected chi connectivity index (χ1v) is 6.40. The van der Waals surface area contributed by atoms with Gasteiger partial charge in [-0.05, 0) is 31.4 Å². The summed E-state index contributed by atoms with van der Waals surface area (Å²) in [6.45, 7) is 9.17. The predicted molar refractivity (Wildman–Crippen MR) is 73.1 cm³/mol. The van der Waals surface area contributed by atoms with Gasteiger partial charge in [0.2, 0.25) is 5.91 Å². The van der Waals surface area contributed by atoms with Gasteiger partial charge in [0.05, 0.1) is 6.54 Å². The van der Waals surface area contributed by atoms with Crippen molar-refractivity contribution < 1.29 is 4.79 Å². The normalized spacial score (nSPS) is 12.5. The minimum Gasteiger partial charge on any atom is -0.352 e. The van der Waals surface area contributed by atoms with E-state index in [0.717, 1.165) is 11.3 Å². The van der Waals surface area contributed by atoms with E-state index in [1.165, 1.54) is 0 Å². The van der Waals surface area contributed by atoms with Crippen molar-refractivity contribution in [1.82, 2.24) is 15.6 Å². The summed E-state index contributed by atoms with van der Waals surface area (Å²) in [6, 6.07) is 4.20. The molecule has 0 bridgehead atoms. The second-order valence-electron chi connectivity index (χ2n) is 5.01. The minimum atomic E-state index is 0.0382. The lowest BCUT2D eigenvalue weighted by atomic mass is 10.1. The third kappa shape index (κ3) is 5.27. The molecule has 18 heavy (non-hydrogen) atoms. The van der Waals surface area contributed by atoms with Gasteiger partial charge in [-0.1, -0.05) is 19.9 Å². The summed E-state index contributed by atoms with van der Waals surface area (Å²) in [4.78, 5) is 15.8. The van der Waals surface area contributed by atoms with Gasteiger partial charge in [-0.3, -0.25) is 9.78 Å². The van der Waals surface area contributed by atoms with Crippen molar-refractivity contribution in [2.75, 3.05) is 6.54 Å². The van der Waals surface area contributed by atoms with E-state index in [2.05, 4.69) is 29.5 Å². The van der Waals surface area contributed by atoms with Crippen LogP contribution in [0.5, 0.6) is 0 Å². The zero-order chi connectivity index (χ0) is 13.5. The molecule has 1 atom stereocenters. The number of amides is 1. The average Bonchev–Trinajstić information content (AvgIpc) is 2.31. The standard InChI is InChI=1S/C14H23N3O/c1-10(2)12(4)17-14(18)9-15-7-13-6-5-11(3)16-8-13/h5-6,8,10,12,15H,7,9H2,1-4H3,(H,17,18). The highest BCUT2D eigenvalue weighted by Crippen LogP contribution is 2.00. The van der Waals surface area contributed by atoms with Crippen LogP contribution in [0.4, 0.5) is 0 Å². The number of hydrogen-bond donors (Lipinski definition) is 2. The molecule has 100 valence electrons. The Kier molecular flexibility index (Phi) is 5.78. The Labute approximate surface area is 109 Å². The van der Waals surface area contributed by atoms with Crippen LogP contribution in [0.2, 0.25) is 0 Å². The van der Waals surface area contributed by atoms with Crippen molar-refractivity contribution >= 4 is 5.91 Å². The van der Waals surface area contributed by atoms with E-state index in [1.807, 2.05) is 32.2 Å². The number of pyridine rings is 1. The Hall–Kier alpha value is -1.42. The minimum absolute atomic E-state index is 0.0382. The molecule has 4 nitrogen and oxygen atoms in total. The van der Waals surface area contributed by atoms with Crippen LogP contribution in [0.25, 0.3) is 0 Å². The smallest absolute Gasteiger partial charge is 0.234 e. The molecule has 1 amide bonds. The zero-order valence-corrected chi connectivity index (χ0v) is 11.7. The number of aromatic nitrogens is 1. The molecule has 0 radical (unpaired) electrons. The van der Waals surface area contributed by atoms with E-state index in [0.29, 0.717) is 19.0 Å². The van der Waals surface area contributed by atoms with Crippen LogP contribution in [0, 0.1) is 12.8 Å². The molecule has 2 N–H and O–H groups in total. The summed E-state index contributed by atoms with van der Waals surface area (Å²) in [5.41, 5.74) is 2.09. The third-order valence-electron chi connectivity index (χ3n) is 2.98. The summed E-state index contributed by atoms with van der Waals surface area (Å²) in [5, 5.41) is 6.07. The first kappa shape index (κ1) is 14.6. The number of nitrogens with one attached hydrogen (secondary N) is 2. The first-order chi connectivity index (χ1) is 8.49. The highest BCUT2D eigenvalue weighted by molar-refractivity contribution is 5.78. The monoisotopic (exact) mass is 249 g/mol. The van der Waals surface area contributed by atoms with E-state index in [9.17, 15) is 4.79 Å². The number of hydrogen-bond acceptors (Lipinski definition) is 3. The van der Waals surface area contributed by atoms with Gasteiger partial charge in [0, 0.05) is 24.5 Å². The van der Waals surface area contributed by atoms with Gasteiger partial charge in [-0.25, -0.2) is 0 Å². The molecule has 0 aliphatic heterocycles. The molecule has 1 aromatic heterocycles. The van der Waals surface area contributed by atoms with E-state index in [-0.39, 0.29) is 11.9 Å². The molecular weight excluding hydrogens is 226 g/mol. The maximum absolute atomic E-state index is 11.6. The van der Waals surface area contributed by atoms with Crippen LogP contribution in [0.15, 0.2) is 18.3 Å². The van der Waals surface area contributed by atoms with Gasteiger partial charge >= 0.3 is 0 Å². The molecule has 1 rings (SSSR count). The molecule has 1 aromatic rings. The van der Waals surface area contributed by atoms with E-state index >= 15 is 0 Å². The van der Waals surface area contributed by atoms with Gasteiger partial charge in [0.25, 0.3) is 0 Å². The Morgan fingerprint density at radius 2 is 2.06 bits per heavy atom. The van der Waals surface area contributed by atoms with Crippen LogP contribution in [0.1, 0.15) is 32.0 Å². The maximum Gasteiger partial charge on any atom is 0.234 e. The van der Waals surface area contributed by atoms with E-state index in [1.54, 1.807) is 0 Å². The van der Waals surface area contributed by atoms with Crippen molar-refractivity contribution in [3.8, 4) is 0 Å². The molecule has 0 aliphatic carbocycles. The zero-order valence-electron chi connectivity index (χ0n) is 11.7. The Morgan fingerprint density at radius 3 is 2.61 bits per heavy atom. The lowest BCUT2D eigenvalue weighted by Crippen LogP contribution is -2.41. The fourth-order valence-corrected chi connectivity index (χ4v) is 1.40.